The van der Waals surface area contributed by atoms with Gasteiger partial charge in [0.25, 0.3) is 0 Å². The maximum atomic E-state index is 5.13. The second-order valence-electron chi connectivity index (χ2n) is 4.88. The van der Waals surface area contributed by atoms with E-state index in [1.165, 1.54) is 5.56 Å². The third kappa shape index (κ3) is 6.13. The molecule has 0 fully saturated rings. The third-order valence-electron chi connectivity index (χ3n) is 2.86. The van der Waals surface area contributed by atoms with Crippen LogP contribution in [0.15, 0.2) is 29.3 Å². The first-order chi connectivity index (χ1) is 9.15. The first-order valence-corrected chi connectivity index (χ1v) is 6.73. The summed E-state index contributed by atoms with van der Waals surface area (Å²) in [7, 11) is 3.46. The Hall–Kier alpha value is -1.71. The average molecular weight is 263 g/mol. The highest BCUT2D eigenvalue weighted by atomic mass is 16.5. The molecule has 0 aliphatic carbocycles. The van der Waals surface area contributed by atoms with Gasteiger partial charge in [0.05, 0.1) is 7.11 Å². The molecule has 1 aromatic carbocycles. The first-order valence-electron chi connectivity index (χ1n) is 6.73. The van der Waals surface area contributed by atoms with Crippen LogP contribution in [0.3, 0.4) is 0 Å². The summed E-state index contributed by atoms with van der Waals surface area (Å²) in [4.78, 5) is 4.20. The number of nitrogens with one attached hydrogen (secondary N) is 2. The van der Waals surface area contributed by atoms with Crippen molar-refractivity contribution in [1.29, 1.82) is 0 Å². The Balaban J connectivity index is 2.36. The van der Waals surface area contributed by atoms with E-state index in [9.17, 15) is 0 Å². The van der Waals surface area contributed by atoms with Crippen molar-refractivity contribution in [2.24, 2.45) is 10.9 Å². The lowest BCUT2D eigenvalue weighted by molar-refractivity contribution is 0.414. The van der Waals surface area contributed by atoms with Gasteiger partial charge in [-0.15, -0.1) is 0 Å². The summed E-state index contributed by atoms with van der Waals surface area (Å²) in [5.41, 5.74) is 1.20. The molecular weight excluding hydrogens is 238 g/mol. The Labute approximate surface area is 116 Å². The van der Waals surface area contributed by atoms with Crippen molar-refractivity contribution in [3.8, 4) is 5.75 Å². The van der Waals surface area contributed by atoms with Crippen LogP contribution in [0.2, 0.25) is 0 Å². The third-order valence-corrected chi connectivity index (χ3v) is 2.86. The van der Waals surface area contributed by atoms with Gasteiger partial charge in [-0.05, 0) is 30.0 Å². The highest BCUT2D eigenvalue weighted by Crippen LogP contribution is 2.10. The van der Waals surface area contributed by atoms with Crippen LogP contribution in [0.5, 0.6) is 5.75 Å². The highest BCUT2D eigenvalue weighted by Gasteiger charge is 1.99. The average Bonchev–Trinajstić information content (AvgIpc) is 2.42. The molecule has 0 heterocycles. The summed E-state index contributed by atoms with van der Waals surface area (Å²) >= 11 is 0. The van der Waals surface area contributed by atoms with Crippen LogP contribution in [0.4, 0.5) is 0 Å². The van der Waals surface area contributed by atoms with Gasteiger partial charge in [0, 0.05) is 20.1 Å². The number of rotatable bonds is 6. The number of hydrogen-bond acceptors (Lipinski definition) is 2. The zero-order chi connectivity index (χ0) is 14.1. The maximum absolute atomic E-state index is 5.13. The van der Waals surface area contributed by atoms with E-state index in [2.05, 4.69) is 29.5 Å². The van der Waals surface area contributed by atoms with Crippen molar-refractivity contribution < 1.29 is 4.74 Å². The van der Waals surface area contributed by atoms with Crippen molar-refractivity contribution >= 4 is 5.96 Å². The van der Waals surface area contributed by atoms with Crippen molar-refractivity contribution in [2.45, 2.75) is 26.8 Å². The number of benzene rings is 1. The number of nitrogens with zero attached hydrogens (tertiary/aromatic N) is 1. The molecule has 0 spiro atoms. The Morgan fingerprint density at radius 3 is 2.42 bits per heavy atom. The van der Waals surface area contributed by atoms with Gasteiger partial charge in [-0.1, -0.05) is 26.0 Å². The van der Waals surface area contributed by atoms with Crippen molar-refractivity contribution in [1.82, 2.24) is 10.6 Å². The molecule has 4 nitrogen and oxygen atoms in total. The van der Waals surface area contributed by atoms with Crippen LogP contribution in [0, 0.1) is 5.92 Å². The number of ether oxygens (including phenoxy) is 1. The molecule has 0 bridgehead atoms. The molecule has 0 saturated heterocycles. The fraction of sp³-hybridized carbons (Fsp3) is 0.533. The molecular formula is C15H25N3O. The SMILES string of the molecule is CN=C(NCCC(C)C)NCc1ccc(OC)cc1. The molecule has 0 aliphatic heterocycles. The summed E-state index contributed by atoms with van der Waals surface area (Å²) in [6.07, 6.45) is 1.14. The van der Waals surface area contributed by atoms with E-state index in [-0.39, 0.29) is 0 Å². The zero-order valence-corrected chi connectivity index (χ0v) is 12.4. The standard InChI is InChI=1S/C15H25N3O/c1-12(2)9-10-17-15(16-3)18-11-13-5-7-14(19-4)8-6-13/h5-8,12H,9-11H2,1-4H3,(H2,16,17,18). The summed E-state index contributed by atoms with van der Waals surface area (Å²) in [5, 5.41) is 6.60. The van der Waals surface area contributed by atoms with Gasteiger partial charge in [-0.3, -0.25) is 4.99 Å². The quantitative estimate of drug-likeness (QED) is 0.612. The van der Waals surface area contributed by atoms with Crippen molar-refractivity contribution in [3.63, 3.8) is 0 Å². The second-order valence-corrected chi connectivity index (χ2v) is 4.88. The molecule has 0 unspecified atom stereocenters. The minimum Gasteiger partial charge on any atom is -0.497 e. The van der Waals surface area contributed by atoms with Gasteiger partial charge in [0.1, 0.15) is 5.75 Å². The summed E-state index contributed by atoms with van der Waals surface area (Å²) < 4.78 is 5.13. The largest absolute Gasteiger partial charge is 0.497 e. The molecule has 19 heavy (non-hydrogen) atoms. The maximum Gasteiger partial charge on any atom is 0.191 e. The van der Waals surface area contributed by atoms with Crippen molar-refractivity contribution in [3.05, 3.63) is 29.8 Å². The first kappa shape index (κ1) is 15.3. The van der Waals surface area contributed by atoms with E-state index in [4.69, 9.17) is 4.74 Å². The zero-order valence-electron chi connectivity index (χ0n) is 12.4. The molecule has 1 aromatic rings. The molecule has 1 rings (SSSR count). The normalized spacial score (nSPS) is 11.5. The molecule has 0 saturated carbocycles. The van der Waals surface area contributed by atoms with Crippen LogP contribution in [-0.4, -0.2) is 26.7 Å². The minimum atomic E-state index is 0.701. The van der Waals surface area contributed by atoms with Gasteiger partial charge in [0.15, 0.2) is 5.96 Å². The van der Waals surface area contributed by atoms with Gasteiger partial charge in [0.2, 0.25) is 0 Å². The molecule has 2 N–H and O–H groups in total. The van der Waals surface area contributed by atoms with Crippen LogP contribution >= 0.6 is 0 Å². The Kier molecular flexibility index (Phi) is 6.79. The summed E-state index contributed by atoms with van der Waals surface area (Å²) in [6, 6.07) is 8.03. The fourth-order valence-electron chi connectivity index (χ4n) is 1.63. The van der Waals surface area contributed by atoms with Gasteiger partial charge >= 0.3 is 0 Å². The smallest absolute Gasteiger partial charge is 0.191 e. The van der Waals surface area contributed by atoms with E-state index < -0.39 is 0 Å². The van der Waals surface area contributed by atoms with E-state index in [0.717, 1.165) is 31.2 Å². The van der Waals surface area contributed by atoms with E-state index in [1.807, 2.05) is 24.3 Å². The van der Waals surface area contributed by atoms with Crippen LogP contribution in [-0.2, 0) is 6.54 Å². The lowest BCUT2D eigenvalue weighted by Gasteiger charge is -2.13. The predicted octanol–water partition coefficient (Wildman–Crippen LogP) is 2.41. The molecule has 4 heteroatoms. The lowest BCUT2D eigenvalue weighted by Crippen LogP contribution is -2.37. The molecule has 0 atom stereocenters. The lowest BCUT2D eigenvalue weighted by atomic mass is 10.1. The second kappa shape index (κ2) is 8.40. The molecule has 0 radical (unpaired) electrons. The number of hydrogen-bond donors (Lipinski definition) is 2. The highest BCUT2D eigenvalue weighted by molar-refractivity contribution is 5.79. The van der Waals surface area contributed by atoms with Crippen LogP contribution < -0.4 is 15.4 Å². The molecule has 0 amide bonds. The predicted molar refractivity (Wildman–Crippen MR) is 80.7 cm³/mol. The molecule has 106 valence electrons. The number of guanidine groups is 1. The Morgan fingerprint density at radius 2 is 1.89 bits per heavy atom. The van der Waals surface area contributed by atoms with E-state index >= 15 is 0 Å². The van der Waals surface area contributed by atoms with E-state index in [0.29, 0.717) is 5.92 Å². The number of aliphatic imine (C=N–C) groups is 1. The van der Waals surface area contributed by atoms with E-state index in [1.54, 1.807) is 14.2 Å². The topological polar surface area (TPSA) is 45.7 Å². The molecule has 0 aromatic heterocycles. The molecule has 0 aliphatic rings. The summed E-state index contributed by atoms with van der Waals surface area (Å²) in [5.74, 6) is 2.42. The van der Waals surface area contributed by atoms with Gasteiger partial charge in [-0.25, -0.2) is 0 Å². The van der Waals surface area contributed by atoms with Gasteiger partial charge in [-0.2, -0.15) is 0 Å². The van der Waals surface area contributed by atoms with Crippen molar-refractivity contribution in [2.75, 3.05) is 20.7 Å². The van der Waals surface area contributed by atoms with Gasteiger partial charge < -0.3 is 15.4 Å². The number of methoxy groups -OCH3 is 1. The van der Waals surface area contributed by atoms with Crippen LogP contribution in [0.25, 0.3) is 0 Å². The fourth-order valence-corrected chi connectivity index (χ4v) is 1.63. The summed E-state index contributed by atoms with van der Waals surface area (Å²) in [6.45, 7) is 6.13. The van der Waals surface area contributed by atoms with Crippen LogP contribution in [0.1, 0.15) is 25.8 Å². The minimum absolute atomic E-state index is 0.701. The monoisotopic (exact) mass is 263 g/mol. The Bertz CT molecular complexity index is 385. The Morgan fingerprint density at radius 1 is 1.21 bits per heavy atom.